The van der Waals surface area contributed by atoms with Crippen molar-refractivity contribution in [3.05, 3.63) is 51.8 Å². The average Bonchev–Trinajstić information content (AvgIpc) is 2.81. The van der Waals surface area contributed by atoms with Crippen LogP contribution < -0.4 is 5.32 Å². The predicted octanol–water partition coefficient (Wildman–Crippen LogP) is 1.81. The van der Waals surface area contributed by atoms with Gasteiger partial charge in [0.25, 0.3) is 5.69 Å². The van der Waals surface area contributed by atoms with Gasteiger partial charge in [0.05, 0.1) is 22.4 Å². The van der Waals surface area contributed by atoms with Crippen molar-refractivity contribution in [2.45, 2.75) is 6.54 Å². The molecule has 1 N–H and O–H groups in total. The van der Waals surface area contributed by atoms with E-state index >= 15 is 0 Å². The van der Waals surface area contributed by atoms with Crippen LogP contribution in [0.3, 0.4) is 0 Å². The fourth-order valence-corrected chi connectivity index (χ4v) is 1.65. The van der Waals surface area contributed by atoms with Gasteiger partial charge in [-0.25, -0.2) is 0 Å². The zero-order chi connectivity index (χ0) is 13.8. The number of nitro groups is 1. The summed E-state index contributed by atoms with van der Waals surface area (Å²) in [6.07, 6.45) is 3.56. The second kappa shape index (κ2) is 5.18. The third-order valence-corrected chi connectivity index (χ3v) is 2.58. The molecular weight excluding hydrogens is 246 g/mol. The van der Waals surface area contributed by atoms with Crippen molar-refractivity contribution in [3.63, 3.8) is 0 Å². The lowest BCUT2D eigenvalue weighted by Crippen LogP contribution is -2.01. The first-order valence-electron chi connectivity index (χ1n) is 5.50. The van der Waals surface area contributed by atoms with Gasteiger partial charge in [0.1, 0.15) is 6.07 Å². The number of nitro benzene ring substituents is 1. The first-order valence-corrected chi connectivity index (χ1v) is 5.50. The molecule has 0 aliphatic heterocycles. The van der Waals surface area contributed by atoms with Crippen LogP contribution in [0.4, 0.5) is 11.4 Å². The fraction of sp³-hybridized carbons (Fsp3) is 0.167. The van der Waals surface area contributed by atoms with Gasteiger partial charge in [-0.15, -0.1) is 0 Å². The van der Waals surface area contributed by atoms with Gasteiger partial charge in [-0.05, 0) is 6.07 Å². The Morgan fingerprint density at radius 2 is 2.37 bits per heavy atom. The van der Waals surface area contributed by atoms with Gasteiger partial charge in [0, 0.05) is 37.5 Å². The van der Waals surface area contributed by atoms with Crippen molar-refractivity contribution in [3.8, 4) is 6.07 Å². The van der Waals surface area contributed by atoms with Crippen LogP contribution in [-0.2, 0) is 13.6 Å². The number of nitrogens with zero attached hydrogens (tertiary/aromatic N) is 4. The van der Waals surface area contributed by atoms with Crippen LogP contribution >= 0.6 is 0 Å². The topological polar surface area (TPSA) is 96.8 Å². The summed E-state index contributed by atoms with van der Waals surface area (Å²) in [4.78, 5) is 10.1. The molecule has 0 radical (unpaired) electrons. The Kier molecular flexibility index (Phi) is 3.43. The standard InChI is InChI=1S/C12H11N5O2/c1-16-8-9(7-15-16)6-14-12-3-2-11(17(18)19)4-10(12)5-13/h2-4,7-8,14H,6H2,1H3. The molecule has 0 aliphatic carbocycles. The Labute approximate surface area is 109 Å². The largest absolute Gasteiger partial charge is 0.380 e. The molecule has 0 saturated heterocycles. The molecule has 96 valence electrons. The summed E-state index contributed by atoms with van der Waals surface area (Å²) in [6.45, 7) is 0.500. The number of rotatable bonds is 4. The van der Waals surface area contributed by atoms with E-state index in [4.69, 9.17) is 5.26 Å². The molecule has 0 bridgehead atoms. The number of anilines is 1. The van der Waals surface area contributed by atoms with Crippen LogP contribution in [0.1, 0.15) is 11.1 Å². The minimum absolute atomic E-state index is 0.0940. The lowest BCUT2D eigenvalue weighted by Gasteiger charge is -2.06. The predicted molar refractivity (Wildman–Crippen MR) is 68.3 cm³/mol. The van der Waals surface area contributed by atoms with Crippen LogP contribution in [0.2, 0.25) is 0 Å². The number of nitriles is 1. The Morgan fingerprint density at radius 1 is 1.58 bits per heavy atom. The number of non-ortho nitro benzene ring substituents is 1. The van der Waals surface area contributed by atoms with Gasteiger partial charge in [-0.1, -0.05) is 0 Å². The second-order valence-electron chi connectivity index (χ2n) is 3.97. The lowest BCUT2D eigenvalue weighted by atomic mass is 10.1. The molecule has 0 amide bonds. The highest BCUT2D eigenvalue weighted by Crippen LogP contribution is 2.21. The van der Waals surface area contributed by atoms with Crippen LogP contribution in [0.25, 0.3) is 0 Å². The second-order valence-corrected chi connectivity index (χ2v) is 3.97. The van der Waals surface area contributed by atoms with Gasteiger partial charge in [0.2, 0.25) is 0 Å². The summed E-state index contributed by atoms with van der Waals surface area (Å²) in [5.41, 5.74) is 1.68. The van der Waals surface area contributed by atoms with E-state index in [2.05, 4.69) is 10.4 Å². The Balaban J connectivity index is 2.16. The molecule has 7 heteroatoms. The molecule has 1 aromatic heterocycles. The van der Waals surface area contributed by atoms with Gasteiger partial charge in [-0.2, -0.15) is 10.4 Å². The van der Waals surface area contributed by atoms with Crippen LogP contribution in [-0.4, -0.2) is 14.7 Å². The van der Waals surface area contributed by atoms with Crippen LogP contribution in [0.5, 0.6) is 0 Å². The SMILES string of the molecule is Cn1cc(CNc2ccc([N+](=O)[O-])cc2C#N)cn1. The molecule has 0 aliphatic rings. The molecular formula is C12H11N5O2. The molecule has 0 saturated carbocycles. The number of aryl methyl sites for hydroxylation is 1. The number of aromatic nitrogens is 2. The third-order valence-electron chi connectivity index (χ3n) is 2.58. The van der Waals surface area contributed by atoms with E-state index in [0.717, 1.165) is 5.56 Å². The molecule has 0 spiro atoms. The average molecular weight is 257 g/mol. The summed E-state index contributed by atoms with van der Waals surface area (Å²) in [7, 11) is 1.82. The van der Waals surface area contributed by atoms with Gasteiger partial charge in [0.15, 0.2) is 0 Å². The summed E-state index contributed by atoms with van der Waals surface area (Å²) in [5.74, 6) is 0. The minimum Gasteiger partial charge on any atom is -0.380 e. The molecule has 19 heavy (non-hydrogen) atoms. The van der Waals surface area contributed by atoms with E-state index < -0.39 is 4.92 Å². The van der Waals surface area contributed by atoms with Crippen molar-refractivity contribution >= 4 is 11.4 Å². The first-order chi connectivity index (χ1) is 9.10. The van der Waals surface area contributed by atoms with Gasteiger partial charge >= 0.3 is 0 Å². The van der Waals surface area contributed by atoms with Gasteiger partial charge in [-0.3, -0.25) is 14.8 Å². The zero-order valence-corrected chi connectivity index (χ0v) is 10.2. The maximum absolute atomic E-state index is 10.6. The van der Waals surface area contributed by atoms with Crippen molar-refractivity contribution in [1.29, 1.82) is 5.26 Å². The molecule has 1 heterocycles. The van der Waals surface area contributed by atoms with Crippen LogP contribution in [0, 0.1) is 21.4 Å². The third kappa shape index (κ3) is 2.87. The number of nitrogens with one attached hydrogen (secondary N) is 1. The maximum atomic E-state index is 10.6. The Bertz CT molecular complexity index is 656. The van der Waals surface area contributed by atoms with E-state index in [1.165, 1.54) is 18.2 Å². The number of hydrogen-bond acceptors (Lipinski definition) is 5. The lowest BCUT2D eigenvalue weighted by molar-refractivity contribution is -0.384. The number of benzene rings is 1. The Hall–Kier alpha value is -2.88. The first kappa shape index (κ1) is 12.6. The highest BCUT2D eigenvalue weighted by molar-refractivity contribution is 5.61. The fourth-order valence-electron chi connectivity index (χ4n) is 1.65. The maximum Gasteiger partial charge on any atom is 0.270 e. The molecule has 0 atom stereocenters. The summed E-state index contributed by atoms with van der Waals surface area (Å²) < 4.78 is 1.68. The highest BCUT2D eigenvalue weighted by atomic mass is 16.6. The molecule has 0 unspecified atom stereocenters. The number of hydrogen-bond donors (Lipinski definition) is 1. The van der Waals surface area contributed by atoms with E-state index in [9.17, 15) is 10.1 Å². The molecule has 2 rings (SSSR count). The normalized spacial score (nSPS) is 9.89. The van der Waals surface area contributed by atoms with Gasteiger partial charge < -0.3 is 5.32 Å². The molecule has 1 aromatic carbocycles. The Morgan fingerprint density at radius 3 is 2.95 bits per heavy atom. The van der Waals surface area contributed by atoms with Crippen LogP contribution in [0.15, 0.2) is 30.6 Å². The van der Waals surface area contributed by atoms with E-state index in [-0.39, 0.29) is 11.3 Å². The molecule has 2 aromatic rings. The van der Waals surface area contributed by atoms with Crippen molar-refractivity contribution < 1.29 is 4.92 Å². The minimum atomic E-state index is -0.522. The summed E-state index contributed by atoms with van der Waals surface area (Å²) in [6, 6.07) is 6.10. The summed E-state index contributed by atoms with van der Waals surface area (Å²) in [5, 5.41) is 26.7. The monoisotopic (exact) mass is 257 g/mol. The zero-order valence-electron chi connectivity index (χ0n) is 10.2. The molecule has 0 fully saturated rings. The smallest absolute Gasteiger partial charge is 0.270 e. The van der Waals surface area contributed by atoms with E-state index in [1.807, 2.05) is 19.3 Å². The van der Waals surface area contributed by atoms with Crippen molar-refractivity contribution in [2.24, 2.45) is 7.05 Å². The van der Waals surface area contributed by atoms with Crippen molar-refractivity contribution in [1.82, 2.24) is 9.78 Å². The molecule has 7 nitrogen and oxygen atoms in total. The van der Waals surface area contributed by atoms with E-state index in [1.54, 1.807) is 10.9 Å². The quantitative estimate of drug-likeness (QED) is 0.665. The van der Waals surface area contributed by atoms with Crippen molar-refractivity contribution in [2.75, 3.05) is 5.32 Å². The highest BCUT2D eigenvalue weighted by Gasteiger charge is 2.10. The summed E-state index contributed by atoms with van der Waals surface area (Å²) >= 11 is 0. The van der Waals surface area contributed by atoms with E-state index in [0.29, 0.717) is 12.2 Å².